The first-order chi connectivity index (χ1) is 9.13. The van der Waals surface area contributed by atoms with E-state index in [9.17, 15) is 4.79 Å². The lowest BCUT2D eigenvalue weighted by molar-refractivity contribution is 0.0702. The lowest BCUT2D eigenvalue weighted by Gasteiger charge is -2.00. The number of rotatable bonds is 3. The van der Waals surface area contributed by atoms with Crippen molar-refractivity contribution in [2.24, 2.45) is 0 Å². The SMILES string of the molecule is O=C(O)c1ccc(Cn2cnc3cc(Cl)cnc32)s1. The van der Waals surface area contributed by atoms with Crippen LogP contribution in [0, 0.1) is 0 Å². The van der Waals surface area contributed by atoms with Gasteiger partial charge in [-0.15, -0.1) is 11.3 Å². The van der Waals surface area contributed by atoms with Crippen molar-refractivity contribution in [1.82, 2.24) is 14.5 Å². The lowest BCUT2D eigenvalue weighted by Crippen LogP contribution is -1.97. The van der Waals surface area contributed by atoms with Gasteiger partial charge >= 0.3 is 5.97 Å². The molecule has 7 heteroatoms. The molecule has 0 saturated carbocycles. The molecule has 0 amide bonds. The lowest BCUT2D eigenvalue weighted by atomic mass is 10.4. The molecule has 19 heavy (non-hydrogen) atoms. The molecule has 5 nitrogen and oxygen atoms in total. The van der Waals surface area contributed by atoms with Gasteiger partial charge in [0.25, 0.3) is 0 Å². The molecule has 3 heterocycles. The summed E-state index contributed by atoms with van der Waals surface area (Å²) < 4.78 is 1.86. The van der Waals surface area contributed by atoms with Crippen molar-refractivity contribution in [3.05, 3.63) is 45.5 Å². The second-order valence-electron chi connectivity index (χ2n) is 3.94. The van der Waals surface area contributed by atoms with Crippen molar-refractivity contribution in [1.29, 1.82) is 0 Å². The number of carbonyl (C=O) groups is 1. The average Bonchev–Trinajstić information content (AvgIpc) is 2.97. The maximum absolute atomic E-state index is 10.8. The molecule has 3 rings (SSSR count). The summed E-state index contributed by atoms with van der Waals surface area (Å²) in [5.41, 5.74) is 1.46. The summed E-state index contributed by atoms with van der Waals surface area (Å²) in [6, 6.07) is 5.15. The van der Waals surface area contributed by atoms with E-state index >= 15 is 0 Å². The van der Waals surface area contributed by atoms with Crippen molar-refractivity contribution in [2.75, 3.05) is 0 Å². The fraction of sp³-hybridized carbons (Fsp3) is 0.0833. The largest absolute Gasteiger partial charge is 0.477 e. The predicted octanol–water partition coefficient (Wildman–Crippen LogP) is 2.89. The van der Waals surface area contributed by atoms with Crippen LogP contribution >= 0.6 is 22.9 Å². The van der Waals surface area contributed by atoms with Crippen LogP contribution in [-0.4, -0.2) is 25.6 Å². The zero-order valence-electron chi connectivity index (χ0n) is 9.58. The van der Waals surface area contributed by atoms with Crippen LogP contribution in [-0.2, 0) is 6.54 Å². The van der Waals surface area contributed by atoms with Crippen molar-refractivity contribution in [3.63, 3.8) is 0 Å². The van der Waals surface area contributed by atoms with Crippen LogP contribution in [0.4, 0.5) is 0 Å². The third-order valence-electron chi connectivity index (χ3n) is 2.62. The van der Waals surface area contributed by atoms with Crippen molar-refractivity contribution >= 4 is 40.1 Å². The summed E-state index contributed by atoms with van der Waals surface area (Å²) in [6.07, 6.45) is 3.24. The molecular formula is C12H8ClN3O2S. The molecule has 0 aliphatic heterocycles. The number of carboxylic acid groups (broad SMARTS) is 1. The highest BCUT2D eigenvalue weighted by Crippen LogP contribution is 2.20. The first kappa shape index (κ1) is 12.1. The molecule has 0 fully saturated rings. The number of hydrogen-bond donors (Lipinski definition) is 1. The normalized spacial score (nSPS) is 11.0. The number of aromatic nitrogens is 3. The van der Waals surface area contributed by atoms with E-state index in [2.05, 4.69) is 9.97 Å². The van der Waals surface area contributed by atoms with E-state index in [0.717, 1.165) is 16.0 Å². The third kappa shape index (κ3) is 2.32. The maximum atomic E-state index is 10.8. The van der Waals surface area contributed by atoms with Gasteiger partial charge in [0, 0.05) is 11.1 Å². The quantitative estimate of drug-likeness (QED) is 0.806. The molecule has 1 N–H and O–H groups in total. The Balaban J connectivity index is 1.94. The Hall–Kier alpha value is -1.92. The van der Waals surface area contributed by atoms with Gasteiger partial charge in [0.05, 0.1) is 17.9 Å². The van der Waals surface area contributed by atoms with E-state index in [1.807, 2.05) is 4.57 Å². The Morgan fingerprint density at radius 3 is 3.00 bits per heavy atom. The van der Waals surface area contributed by atoms with Crippen molar-refractivity contribution in [3.8, 4) is 0 Å². The fourth-order valence-electron chi connectivity index (χ4n) is 1.79. The Morgan fingerprint density at radius 1 is 1.42 bits per heavy atom. The number of hydrogen-bond acceptors (Lipinski definition) is 4. The Morgan fingerprint density at radius 2 is 2.26 bits per heavy atom. The number of pyridine rings is 1. The molecule has 0 spiro atoms. The topological polar surface area (TPSA) is 68.0 Å². The number of halogens is 1. The average molecular weight is 294 g/mol. The van der Waals surface area contributed by atoms with Gasteiger partial charge in [0.2, 0.25) is 0 Å². The van der Waals surface area contributed by atoms with E-state index in [-0.39, 0.29) is 0 Å². The van der Waals surface area contributed by atoms with Crippen molar-refractivity contribution in [2.45, 2.75) is 6.54 Å². The number of thiophene rings is 1. The van der Waals surface area contributed by atoms with Gasteiger partial charge in [-0.3, -0.25) is 0 Å². The molecule has 0 bridgehead atoms. The molecule has 0 aliphatic carbocycles. The second-order valence-corrected chi connectivity index (χ2v) is 5.54. The van der Waals surface area contributed by atoms with Crippen LogP contribution in [0.2, 0.25) is 5.02 Å². The molecule has 0 radical (unpaired) electrons. The number of nitrogens with zero attached hydrogens (tertiary/aromatic N) is 3. The van der Waals surface area contributed by atoms with Crippen LogP contribution in [0.15, 0.2) is 30.7 Å². The number of aromatic carboxylic acids is 1. The highest BCUT2D eigenvalue weighted by Gasteiger charge is 2.09. The summed E-state index contributed by atoms with van der Waals surface area (Å²) in [7, 11) is 0. The molecule has 96 valence electrons. The number of fused-ring (bicyclic) bond motifs is 1. The zero-order valence-corrected chi connectivity index (χ0v) is 11.1. The van der Waals surface area contributed by atoms with Gasteiger partial charge < -0.3 is 9.67 Å². The van der Waals surface area contributed by atoms with Crippen LogP contribution in [0.25, 0.3) is 11.2 Å². The highest BCUT2D eigenvalue weighted by molar-refractivity contribution is 7.13. The van der Waals surface area contributed by atoms with E-state index in [1.54, 1.807) is 30.7 Å². The van der Waals surface area contributed by atoms with Gasteiger partial charge in [0.15, 0.2) is 5.65 Å². The Bertz CT molecular complexity index is 765. The maximum Gasteiger partial charge on any atom is 0.345 e. The van der Waals surface area contributed by atoms with E-state index < -0.39 is 5.97 Å². The molecule has 0 unspecified atom stereocenters. The highest BCUT2D eigenvalue weighted by atomic mass is 35.5. The minimum atomic E-state index is -0.906. The van der Waals surface area contributed by atoms with E-state index in [0.29, 0.717) is 16.4 Å². The van der Waals surface area contributed by atoms with E-state index in [1.165, 1.54) is 11.3 Å². The van der Waals surface area contributed by atoms with Gasteiger partial charge in [-0.1, -0.05) is 11.6 Å². The molecule has 3 aromatic rings. The Kier molecular flexibility index (Phi) is 2.96. The minimum absolute atomic E-state index is 0.329. The fourth-order valence-corrected chi connectivity index (χ4v) is 2.78. The van der Waals surface area contributed by atoms with Crippen LogP contribution in [0.1, 0.15) is 14.5 Å². The predicted molar refractivity (Wildman–Crippen MR) is 72.9 cm³/mol. The molecule has 0 saturated heterocycles. The van der Waals surface area contributed by atoms with Gasteiger partial charge in [-0.25, -0.2) is 14.8 Å². The summed E-state index contributed by atoms with van der Waals surface area (Å²) in [5, 5.41) is 9.43. The monoisotopic (exact) mass is 293 g/mol. The standard InChI is InChI=1S/C12H8ClN3O2S/c13-7-3-9-11(14-4-7)16(6-15-9)5-8-1-2-10(19-8)12(17)18/h1-4,6H,5H2,(H,17,18). The van der Waals surface area contributed by atoms with Gasteiger partial charge in [-0.2, -0.15) is 0 Å². The van der Waals surface area contributed by atoms with Crippen LogP contribution in [0.5, 0.6) is 0 Å². The summed E-state index contributed by atoms with van der Waals surface area (Å²) >= 11 is 7.10. The molecule has 0 aromatic carbocycles. The first-order valence-electron chi connectivity index (χ1n) is 5.42. The second kappa shape index (κ2) is 4.64. The van der Waals surface area contributed by atoms with Gasteiger partial charge in [-0.05, 0) is 18.2 Å². The molecular weight excluding hydrogens is 286 g/mol. The summed E-state index contributed by atoms with van der Waals surface area (Å²) in [4.78, 5) is 20.6. The van der Waals surface area contributed by atoms with Crippen LogP contribution in [0.3, 0.4) is 0 Å². The number of carboxylic acids is 1. The minimum Gasteiger partial charge on any atom is -0.477 e. The van der Waals surface area contributed by atoms with Crippen LogP contribution < -0.4 is 0 Å². The first-order valence-corrected chi connectivity index (χ1v) is 6.61. The third-order valence-corrected chi connectivity index (χ3v) is 3.89. The Labute approximate surface area is 117 Å². The molecule has 3 aromatic heterocycles. The number of imidazole rings is 1. The summed E-state index contributed by atoms with van der Waals surface area (Å²) in [5.74, 6) is -0.906. The van der Waals surface area contributed by atoms with Crippen molar-refractivity contribution < 1.29 is 9.90 Å². The van der Waals surface area contributed by atoms with E-state index in [4.69, 9.17) is 16.7 Å². The van der Waals surface area contributed by atoms with Gasteiger partial charge in [0.1, 0.15) is 10.4 Å². The molecule has 0 atom stereocenters. The smallest absolute Gasteiger partial charge is 0.345 e. The molecule has 0 aliphatic rings. The zero-order chi connectivity index (χ0) is 13.4. The summed E-state index contributed by atoms with van der Waals surface area (Å²) in [6.45, 7) is 0.545.